The Bertz CT molecular complexity index is 1550. The van der Waals surface area contributed by atoms with E-state index in [0.29, 0.717) is 21.6 Å². The van der Waals surface area contributed by atoms with E-state index in [1.54, 1.807) is 23.6 Å². The van der Waals surface area contributed by atoms with Gasteiger partial charge < -0.3 is 4.52 Å². The van der Waals surface area contributed by atoms with Crippen molar-refractivity contribution in [1.29, 1.82) is 0 Å². The average Bonchev–Trinajstić information content (AvgIpc) is 3.46. The van der Waals surface area contributed by atoms with E-state index in [1.807, 2.05) is 31.2 Å². The second-order valence-corrected chi connectivity index (χ2v) is 8.26. The monoisotopic (exact) mass is 448 g/mol. The minimum absolute atomic E-state index is 0.0225. The molecule has 0 N–H and O–H groups in total. The Balaban J connectivity index is 1.57. The van der Waals surface area contributed by atoms with Crippen LogP contribution in [0.4, 0.5) is 4.39 Å². The van der Waals surface area contributed by atoms with Crippen LogP contribution in [0.5, 0.6) is 0 Å². The molecule has 3 heterocycles. The van der Waals surface area contributed by atoms with Crippen LogP contribution in [-0.2, 0) is 13.1 Å². The lowest BCUT2D eigenvalue weighted by molar-refractivity contribution is 0.369. The molecule has 5 aromatic rings. The minimum Gasteiger partial charge on any atom is -0.337 e. The van der Waals surface area contributed by atoms with Gasteiger partial charge in [0.25, 0.3) is 5.56 Å². The predicted molar refractivity (Wildman–Crippen MR) is 119 cm³/mol. The fraction of sp³-hybridized carbons (Fsp3) is 0.130. The molecule has 0 fully saturated rings. The first-order valence-corrected chi connectivity index (χ1v) is 10.7. The van der Waals surface area contributed by atoms with Crippen LogP contribution in [0, 0.1) is 12.7 Å². The summed E-state index contributed by atoms with van der Waals surface area (Å²) in [5.41, 5.74) is 2.12. The molecule has 0 bridgehead atoms. The topological polar surface area (TPSA) is 82.9 Å². The van der Waals surface area contributed by atoms with Gasteiger partial charge in [-0.05, 0) is 41.6 Å². The minimum atomic E-state index is -0.499. The van der Waals surface area contributed by atoms with E-state index >= 15 is 0 Å². The summed E-state index contributed by atoms with van der Waals surface area (Å²) in [6.07, 6.45) is 0. The highest BCUT2D eigenvalue weighted by Gasteiger charge is 2.18. The molecule has 7 nitrogen and oxygen atoms in total. The van der Waals surface area contributed by atoms with E-state index < -0.39 is 5.69 Å². The maximum Gasteiger partial charge on any atom is 0.332 e. The number of aromatic nitrogens is 4. The number of fused-ring (bicyclic) bond motifs is 1. The molecule has 0 aliphatic heterocycles. The summed E-state index contributed by atoms with van der Waals surface area (Å²) in [7, 11) is 0. The number of rotatable bonds is 5. The fourth-order valence-electron chi connectivity index (χ4n) is 3.59. The quantitative estimate of drug-likeness (QED) is 0.408. The van der Waals surface area contributed by atoms with Gasteiger partial charge in [0.2, 0.25) is 11.7 Å². The third-order valence-corrected chi connectivity index (χ3v) is 6.13. The van der Waals surface area contributed by atoms with Crippen molar-refractivity contribution in [2.75, 3.05) is 0 Å². The Kier molecular flexibility index (Phi) is 5.02. The standard InChI is InChI=1S/C23H17FN4O3S/c1-14-4-2-3-5-17(14)21-25-19(31-26-21)13-27-18-10-11-32-20(18)22(29)28(23(27)30)12-15-6-8-16(24)9-7-15/h2-11H,12-13H2,1H3. The van der Waals surface area contributed by atoms with Gasteiger partial charge in [0.15, 0.2) is 0 Å². The molecule has 0 saturated heterocycles. The molecule has 0 spiro atoms. The SMILES string of the molecule is Cc1ccccc1-c1noc(Cn2c(=O)n(Cc3ccc(F)cc3)c(=O)c3sccc32)n1. The van der Waals surface area contributed by atoms with E-state index in [1.165, 1.54) is 28.0 Å². The van der Waals surface area contributed by atoms with Crippen LogP contribution < -0.4 is 11.2 Å². The number of hydrogen-bond acceptors (Lipinski definition) is 6. The summed E-state index contributed by atoms with van der Waals surface area (Å²) >= 11 is 1.26. The Morgan fingerprint density at radius 2 is 1.78 bits per heavy atom. The van der Waals surface area contributed by atoms with Gasteiger partial charge in [-0.2, -0.15) is 4.98 Å². The molecule has 3 aromatic heterocycles. The van der Waals surface area contributed by atoms with Crippen molar-refractivity contribution in [2.24, 2.45) is 0 Å². The maximum absolute atomic E-state index is 13.3. The van der Waals surface area contributed by atoms with Gasteiger partial charge in [-0.15, -0.1) is 11.3 Å². The molecule has 32 heavy (non-hydrogen) atoms. The Hall–Kier alpha value is -3.85. The zero-order valence-corrected chi connectivity index (χ0v) is 17.8. The second-order valence-electron chi connectivity index (χ2n) is 7.35. The summed E-state index contributed by atoms with van der Waals surface area (Å²) in [6.45, 7) is 2.01. The van der Waals surface area contributed by atoms with Crippen molar-refractivity contribution in [3.63, 3.8) is 0 Å². The summed E-state index contributed by atoms with van der Waals surface area (Å²) in [6, 6.07) is 15.1. The Morgan fingerprint density at radius 3 is 2.56 bits per heavy atom. The highest BCUT2D eigenvalue weighted by Crippen LogP contribution is 2.21. The van der Waals surface area contributed by atoms with Gasteiger partial charge in [-0.1, -0.05) is 41.6 Å². The average molecular weight is 448 g/mol. The highest BCUT2D eigenvalue weighted by atomic mass is 32.1. The summed E-state index contributed by atoms with van der Waals surface area (Å²) < 4.78 is 21.7. The Morgan fingerprint density at radius 1 is 1.00 bits per heavy atom. The van der Waals surface area contributed by atoms with Crippen LogP contribution in [0.25, 0.3) is 21.6 Å². The van der Waals surface area contributed by atoms with Crippen LogP contribution >= 0.6 is 11.3 Å². The number of nitrogens with zero attached hydrogens (tertiary/aromatic N) is 4. The second kappa shape index (κ2) is 8.01. The predicted octanol–water partition coefficient (Wildman–Crippen LogP) is 3.82. The molecule has 5 rings (SSSR count). The molecule has 0 amide bonds. The van der Waals surface area contributed by atoms with Crippen molar-refractivity contribution in [2.45, 2.75) is 20.0 Å². The van der Waals surface area contributed by atoms with Crippen molar-refractivity contribution in [1.82, 2.24) is 19.3 Å². The molecule has 0 unspecified atom stereocenters. The fourth-order valence-corrected chi connectivity index (χ4v) is 4.43. The zero-order valence-electron chi connectivity index (χ0n) is 17.0. The van der Waals surface area contributed by atoms with E-state index in [9.17, 15) is 14.0 Å². The Labute approximate surface area is 185 Å². The first-order chi connectivity index (χ1) is 15.5. The number of benzene rings is 2. The molecule has 0 radical (unpaired) electrons. The lowest BCUT2D eigenvalue weighted by Crippen LogP contribution is -2.40. The first kappa shape index (κ1) is 20.1. The van der Waals surface area contributed by atoms with Crippen LogP contribution in [0.2, 0.25) is 0 Å². The number of aryl methyl sites for hydroxylation is 1. The van der Waals surface area contributed by atoms with Gasteiger partial charge in [-0.3, -0.25) is 13.9 Å². The van der Waals surface area contributed by atoms with Gasteiger partial charge >= 0.3 is 5.69 Å². The lowest BCUT2D eigenvalue weighted by atomic mass is 10.1. The van der Waals surface area contributed by atoms with Crippen molar-refractivity contribution >= 4 is 21.6 Å². The molecular weight excluding hydrogens is 431 g/mol. The van der Waals surface area contributed by atoms with Gasteiger partial charge in [0, 0.05) is 5.56 Å². The highest BCUT2D eigenvalue weighted by molar-refractivity contribution is 7.17. The molecule has 160 valence electrons. The van der Waals surface area contributed by atoms with Crippen molar-refractivity contribution in [3.8, 4) is 11.4 Å². The third kappa shape index (κ3) is 3.56. The number of thiophene rings is 1. The van der Waals surface area contributed by atoms with E-state index in [2.05, 4.69) is 10.1 Å². The lowest BCUT2D eigenvalue weighted by Gasteiger charge is -2.11. The van der Waals surface area contributed by atoms with Gasteiger partial charge in [-0.25, -0.2) is 9.18 Å². The largest absolute Gasteiger partial charge is 0.337 e. The van der Waals surface area contributed by atoms with Crippen LogP contribution in [0.15, 0.2) is 74.1 Å². The first-order valence-electron chi connectivity index (χ1n) is 9.85. The third-order valence-electron chi connectivity index (χ3n) is 5.24. The maximum atomic E-state index is 13.3. The molecule has 0 atom stereocenters. The molecule has 0 aliphatic carbocycles. The molecular formula is C23H17FN4O3S. The molecule has 2 aromatic carbocycles. The van der Waals surface area contributed by atoms with E-state index in [4.69, 9.17) is 4.52 Å². The van der Waals surface area contributed by atoms with E-state index in [-0.39, 0.29) is 30.4 Å². The smallest absolute Gasteiger partial charge is 0.332 e. The van der Waals surface area contributed by atoms with Crippen LogP contribution in [-0.4, -0.2) is 19.3 Å². The molecule has 9 heteroatoms. The summed E-state index contributed by atoms with van der Waals surface area (Å²) in [4.78, 5) is 30.7. The normalized spacial score (nSPS) is 11.3. The zero-order chi connectivity index (χ0) is 22.2. The van der Waals surface area contributed by atoms with Crippen molar-refractivity contribution in [3.05, 3.63) is 104 Å². The molecule has 0 saturated carbocycles. The van der Waals surface area contributed by atoms with E-state index in [0.717, 1.165) is 15.7 Å². The number of hydrogen-bond donors (Lipinski definition) is 0. The summed E-state index contributed by atoms with van der Waals surface area (Å²) in [5.74, 6) is 0.310. The van der Waals surface area contributed by atoms with Crippen LogP contribution in [0.1, 0.15) is 17.0 Å². The van der Waals surface area contributed by atoms with Crippen molar-refractivity contribution < 1.29 is 8.91 Å². The van der Waals surface area contributed by atoms with Gasteiger partial charge in [0.1, 0.15) is 17.1 Å². The van der Waals surface area contributed by atoms with Crippen LogP contribution in [0.3, 0.4) is 0 Å². The summed E-state index contributed by atoms with van der Waals surface area (Å²) in [5, 5.41) is 5.81. The number of halogens is 1. The van der Waals surface area contributed by atoms with Gasteiger partial charge in [0.05, 0.1) is 12.1 Å². The molecule has 0 aliphatic rings.